The number of hydrogen-bond donors (Lipinski definition) is 0. The second kappa shape index (κ2) is 7.64. The summed E-state index contributed by atoms with van der Waals surface area (Å²) < 4.78 is 25.1. The monoisotopic (exact) mass is 361 g/mol. The molecule has 0 N–H and O–H groups in total. The maximum absolute atomic E-state index is 12.0. The van der Waals surface area contributed by atoms with Gasteiger partial charge in [-0.3, -0.25) is 4.79 Å². The Hall–Kier alpha value is -1.76. The van der Waals surface area contributed by atoms with Crippen molar-refractivity contribution < 1.29 is 14.0 Å². The second-order valence-corrected chi connectivity index (χ2v) is 7.75. The summed E-state index contributed by atoms with van der Waals surface area (Å²) in [6, 6.07) is 7.46. The molecule has 3 rings (SSSR count). The molecule has 6 heteroatoms. The van der Waals surface area contributed by atoms with Crippen molar-refractivity contribution in [1.82, 2.24) is 4.57 Å². The van der Waals surface area contributed by atoms with Crippen molar-refractivity contribution in [2.24, 2.45) is 7.05 Å². The van der Waals surface area contributed by atoms with Gasteiger partial charge in [0.2, 0.25) is 0 Å². The highest BCUT2D eigenvalue weighted by Crippen LogP contribution is 2.34. The minimum Gasteiger partial charge on any atom is -0.612 e. The van der Waals surface area contributed by atoms with Crippen LogP contribution in [0.3, 0.4) is 0 Å². The van der Waals surface area contributed by atoms with Crippen molar-refractivity contribution in [2.75, 3.05) is 19.5 Å². The number of ether oxygens (including phenoxy) is 2. The lowest BCUT2D eigenvalue weighted by atomic mass is 10.0. The first-order valence-electron chi connectivity index (χ1n) is 8.35. The lowest BCUT2D eigenvalue weighted by Crippen LogP contribution is -2.26. The van der Waals surface area contributed by atoms with E-state index in [1.54, 1.807) is 31.0 Å². The summed E-state index contributed by atoms with van der Waals surface area (Å²) in [5.41, 5.74) is 2.39. The van der Waals surface area contributed by atoms with Gasteiger partial charge < -0.3 is 18.6 Å². The summed E-state index contributed by atoms with van der Waals surface area (Å²) in [5.74, 6) is 0.749. The average molecular weight is 361 g/mol. The van der Waals surface area contributed by atoms with Crippen molar-refractivity contribution >= 4 is 11.2 Å². The van der Waals surface area contributed by atoms with E-state index in [9.17, 15) is 9.35 Å². The van der Waals surface area contributed by atoms with Gasteiger partial charge in [-0.1, -0.05) is 0 Å². The first kappa shape index (κ1) is 18.0. The van der Waals surface area contributed by atoms with Crippen molar-refractivity contribution in [2.45, 2.75) is 30.8 Å². The van der Waals surface area contributed by atoms with Gasteiger partial charge in [-0.15, -0.1) is 0 Å². The maximum Gasteiger partial charge on any atom is 0.253 e. The molecule has 1 atom stereocenters. The van der Waals surface area contributed by atoms with E-state index < -0.39 is 11.2 Å². The van der Waals surface area contributed by atoms with E-state index in [1.165, 1.54) is 0 Å². The molecule has 1 aromatic carbocycles. The molecule has 0 amide bonds. The molecular weight excluding hydrogens is 338 g/mol. The van der Waals surface area contributed by atoms with Crippen LogP contribution in [-0.4, -0.2) is 34.7 Å². The molecule has 5 nitrogen and oxygen atoms in total. The van der Waals surface area contributed by atoms with Gasteiger partial charge in [-0.2, -0.15) is 0 Å². The van der Waals surface area contributed by atoms with E-state index >= 15 is 0 Å². The summed E-state index contributed by atoms with van der Waals surface area (Å²) in [7, 11) is 1.74. The molecule has 1 aliphatic rings. The summed E-state index contributed by atoms with van der Waals surface area (Å²) in [5, 5.41) is 0. The SMILES string of the molecule is Cc1cc(-c2cc([S+](C)[O-])ccc2OC2CCOCC2)cn(C)c1=O. The predicted octanol–water partition coefficient (Wildman–Crippen LogP) is 2.66. The number of nitrogens with zero attached hydrogens (tertiary/aromatic N) is 1. The van der Waals surface area contributed by atoms with Crippen LogP contribution in [-0.2, 0) is 23.0 Å². The number of hydrogen-bond acceptors (Lipinski definition) is 4. The Balaban J connectivity index is 2.05. The van der Waals surface area contributed by atoms with E-state index in [2.05, 4.69) is 0 Å². The molecule has 0 aliphatic carbocycles. The average Bonchev–Trinajstić information content (AvgIpc) is 2.60. The van der Waals surface area contributed by atoms with Crippen molar-refractivity contribution in [3.8, 4) is 16.9 Å². The number of aromatic nitrogens is 1. The molecule has 25 heavy (non-hydrogen) atoms. The van der Waals surface area contributed by atoms with Crippen molar-refractivity contribution in [3.05, 3.63) is 46.4 Å². The van der Waals surface area contributed by atoms with Crippen LogP contribution in [0.4, 0.5) is 0 Å². The number of pyridine rings is 1. The van der Waals surface area contributed by atoms with Gasteiger partial charge in [-0.25, -0.2) is 0 Å². The first-order chi connectivity index (χ1) is 12.0. The summed E-state index contributed by atoms with van der Waals surface area (Å²) in [6.45, 7) is 3.21. The summed E-state index contributed by atoms with van der Waals surface area (Å²) in [4.78, 5) is 12.7. The smallest absolute Gasteiger partial charge is 0.253 e. The molecule has 134 valence electrons. The lowest BCUT2D eigenvalue weighted by molar-refractivity contribution is 0.0258. The van der Waals surface area contributed by atoms with Crippen molar-refractivity contribution in [3.63, 3.8) is 0 Å². The number of rotatable bonds is 4. The van der Waals surface area contributed by atoms with Gasteiger partial charge in [-0.05, 0) is 36.3 Å². The first-order valence-corrected chi connectivity index (χ1v) is 9.91. The van der Waals surface area contributed by atoms with E-state index in [-0.39, 0.29) is 11.7 Å². The molecular formula is C19H23NO4S. The highest BCUT2D eigenvalue weighted by molar-refractivity contribution is 7.90. The Morgan fingerprint density at radius 3 is 2.64 bits per heavy atom. The highest BCUT2D eigenvalue weighted by atomic mass is 32.2. The molecule has 1 aliphatic heterocycles. The van der Waals surface area contributed by atoms with Crippen LogP contribution in [0.1, 0.15) is 18.4 Å². The minimum absolute atomic E-state index is 0.0223. The fourth-order valence-corrected chi connectivity index (χ4v) is 3.56. The molecule has 2 heterocycles. The molecule has 2 aromatic rings. The molecule has 1 aromatic heterocycles. The van der Waals surface area contributed by atoms with Gasteiger partial charge in [0, 0.05) is 48.8 Å². The van der Waals surface area contributed by atoms with Gasteiger partial charge >= 0.3 is 0 Å². The van der Waals surface area contributed by atoms with Crippen LogP contribution in [0.25, 0.3) is 11.1 Å². The van der Waals surface area contributed by atoms with Crippen LogP contribution in [0.5, 0.6) is 5.75 Å². The normalized spacial score (nSPS) is 16.6. The van der Waals surface area contributed by atoms with Gasteiger partial charge in [0.1, 0.15) is 18.1 Å². The van der Waals surface area contributed by atoms with Crippen LogP contribution in [0.2, 0.25) is 0 Å². The van der Waals surface area contributed by atoms with Crippen molar-refractivity contribution in [1.29, 1.82) is 0 Å². The van der Waals surface area contributed by atoms with E-state index in [0.29, 0.717) is 18.8 Å². The quantitative estimate of drug-likeness (QED) is 0.786. The Morgan fingerprint density at radius 2 is 2.00 bits per heavy atom. The fraction of sp³-hybridized carbons (Fsp3) is 0.421. The summed E-state index contributed by atoms with van der Waals surface area (Å²) >= 11 is -1.09. The predicted molar refractivity (Wildman–Crippen MR) is 98.7 cm³/mol. The van der Waals surface area contributed by atoms with Gasteiger partial charge in [0.15, 0.2) is 4.90 Å². The Morgan fingerprint density at radius 1 is 1.28 bits per heavy atom. The third kappa shape index (κ3) is 4.08. The molecule has 0 radical (unpaired) electrons. The molecule has 0 spiro atoms. The van der Waals surface area contributed by atoms with Gasteiger partial charge in [0.05, 0.1) is 13.2 Å². The summed E-state index contributed by atoms with van der Waals surface area (Å²) in [6.07, 6.45) is 5.27. The fourth-order valence-electron chi connectivity index (χ4n) is 3.01. The zero-order valence-corrected chi connectivity index (χ0v) is 15.6. The van der Waals surface area contributed by atoms with E-state index in [0.717, 1.165) is 34.6 Å². The molecule has 1 saturated heterocycles. The largest absolute Gasteiger partial charge is 0.612 e. The number of benzene rings is 1. The lowest BCUT2D eigenvalue weighted by Gasteiger charge is -2.25. The molecule has 1 unspecified atom stereocenters. The van der Waals surface area contributed by atoms with Gasteiger partial charge in [0.25, 0.3) is 5.56 Å². The van der Waals surface area contributed by atoms with Crippen LogP contribution < -0.4 is 10.3 Å². The standard InChI is InChI=1S/C19H23NO4S/c1-13-10-14(12-20(2)19(13)21)17-11-16(25(3)22)4-5-18(17)24-15-6-8-23-9-7-15/h4-5,10-12,15H,6-9H2,1-3H3. The second-order valence-electron chi connectivity index (χ2n) is 6.37. The van der Waals surface area contributed by atoms with E-state index in [4.69, 9.17) is 9.47 Å². The highest BCUT2D eigenvalue weighted by Gasteiger charge is 2.19. The zero-order valence-electron chi connectivity index (χ0n) is 14.8. The minimum atomic E-state index is -1.09. The number of aryl methyl sites for hydroxylation is 2. The van der Waals surface area contributed by atoms with Crippen LogP contribution in [0.15, 0.2) is 40.2 Å². The van der Waals surface area contributed by atoms with Crippen LogP contribution in [0, 0.1) is 6.92 Å². The zero-order chi connectivity index (χ0) is 18.0. The molecule has 0 saturated carbocycles. The molecule has 0 bridgehead atoms. The third-order valence-corrected chi connectivity index (χ3v) is 5.34. The Kier molecular flexibility index (Phi) is 5.51. The Bertz CT molecular complexity index is 783. The van der Waals surface area contributed by atoms with E-state index in [1.807, 2.05) is 24.3 Å². The maximum atomic E-state index is 12.0. The topological polar surface area (TPSA) is 63.5 Å². The Labute approximate surface area is 150 Å². The van der Waals surface area contributed by atoms with Crippen LogP contribution >= 0.6 is 0 Å². The third-order valence-electron chi connectivity index (χ3n) is 4.42. The molecule has 1 fully saturated rings.